The van der Waals surface area contributed by atoms with E-state index in [-0.39, 0.29) is 5.91 Å². The van der Waals surface area contributed by atoms with Crippen LogP contribution in [-0.2, 0) is 11.2 Å². The van der Waals surface area contributed by atoms with Crippen LogP contribution in [0.5, 0.6) is 0 Å². The van der Waals surface area contributed by atoms with Gasteiger partial charge in [0.15, 0.2) is 0 Å². The van der Waals surface area contributed by atoms with Gasteiger partial charge in [0.1, 0.15) is 0 Å². The molecule has 1 unspecified atom stereocenters. The van der Waals surface area contributed by atoms with Crippen molar-refractivity contribution in [3.8, 4) is 11.4 Å². The Hall–Kier alpha value is -4.79. The SMILES string of the molecule is COC(=O)c1cccc(C2c3[nH]c4ccccc4c3CCN2C(=O)c2cccc(-c3nn[nH]n3)c2)c1. The number of amides is 1. The largest absolute Gasteiger partial charge is 0.465 e. The maximum atomic E-state index is 14.0. The lowest BCUT2D eigenvalue weighted by molar-refractivity contribution is 0.0600. The Balaban J connectivity index is 1.47. The number of para-hydroxylation sites is 1. The van der Waals surface area contributed by atoms with E-state index in [0.29, 0.717) is 35.5 Å². The topological polar surface area (TPSA) is 117 Å². The fourth-order valence-electron chi connectivity index (χ4n) is 5.00. The summed E-state index contributed by atoms with van der Waals surface area (Å²) in [4.78, 5) is 31.7. The summed E-state index contributed by atoms with van der Waals surface area (Å²) >= 11 is 0. The Kier molecular flexibility index (Phi) is 5.29. The van der Waals surface area contributed by atoms with Gasteiger partial charge in [0.05, 0.1) is 18.7 Å². The lowest BCUT2D eigenvalue weighted by Crippen LogP contribution is -2.40. The van der Waals surface area contributed by atoms with Crippen molar-refractivity contribution in [3.63, 3.8) is 0 Å². The minimum atomic E-state index is -0.421. The fraction of sp³-hybridized carbons (Fsp3) is 0.148. The first-order valence-electron chi connectivity index (χ1n) is 11.6. The zero-order chi connectivity index (χ0) is 24.6. The van der Waals surface area contributed by atoms with E-state index in [4.69, 9.17) is 4.74 Å². The predicted molar refractivity (Wildman–Crippen MR) is 132 cm³/mol. The molecule has 2 N–H and O–H groups in total. The number of esters is 1. The molecular weight excluding hydrogens is 456 g/mol. The van der Waals surface area contributed by atoms with Crippen LogP contribution in [0.2, 0.25) is 0 Å². The number of hydrogen-bond acceptors (Lipinski definition) is 6. The summed E-state index contributed by atoms with van der Waals surface area (Å²) in [6.45, 7) is 0.521. The lowest BCUT2D eigenvalue weighted by Gasteiger charge is -2.36. The van der Waals surface area contributed by atoms with E-state index in [2.05, 4.69) is 31.7 Å². The van der Waals surface area contributed by atoms with Crippen LogP contribution in [-0.4, -0.2) is 56.0 Å². The Morgan fingerprint density at radius 3 is 2.67 bits per heavy atom. The number of benzene rings is 3. The molecule has 1 aliphatic rings. The molecule has 0 radical (unpaired) electrons. The van der Waals surface area contributed by atoms with Gasteiger partial charge in [0, 0.05) is 34.3 Å². The van der Waals surface area contributed by atoms with Crippen molar-refractivity contribution in [2.24, 2.45) is 0 Å². The highest BCUT2D eigenvalue weighted by molar-refractivity contribution is 5.97. The van der Waals surface area contributed by atoms with Gasteiger partial charge in [0.25, 0.3) is 5.91 Å². The van der Waals surface area contributed by atoms with E-state index in [1.807, 2.05) is 47.4 Å². The van der Waals surface area contributed by atoms with E-state index >= 15 is 0 Å². The van der Waals surface area contributed by atoms with Crippen molar-refractivity contribution in [2.75, 3.05) is 13.7 Å². The quantitative estimate of drug-likeness (QED) is 0.378. The first-order chi connectivity index (χ1) is 17.6. The molecule has 0 fully saturated rings. The minimum absolute atomic E-state index is 0.127. The number of H-pyrrole nitrogens is 2. The molecule has 178 valence electrons. The van der Waals surface area contributed by atoms with Gasteiger partial charge in [-0.05, 0) is 53.1 Å². The second-order valence-electron chi connectivity index (χ2n) is 8.65. The number of nitrogens with zero attached hydrogens (tertiary/aromatic N) is 4. The number of hydrogen-bond donors (Lipinski definition) is 2. The van der Waals surface area contributed by atoms with E-state index in [9.17, 15) is 9.59 Å². The maximum Gasteiger partial charge on any atom is 0.337 e. The number of tetrazole rings is 1. The molecule has 0 saturated heterocycles. The summed E-state index contributed by atoms with van der Waals surface area (Å²) in [6, 6.07) is 22.2. The number of nitrogens with one attached hydrogen (secondary N) is 2. The van der Waals surface area contributed by atoms with Crippen LogP contribution < -0.4 is 0 Å². The number of aromatic nitrogens is 5. The second-order valence-corrected chi connectivity index (χ2v) is 8.65. The molecule has 3 heterocycles. The van der Waals surface area contributed by atoms with Crippen LogP contribution in [0.3, 0.4) is 0 Å². The van der Waals surface area contributed by atoms with Gasteiger partial charge in [-0.1, -0.05) is 42.5 Å². The minimum Gasteiger partial charge on any atom is -0.465 e. The summed E-state index contributed by atoms with van der Waals surface area (Å²) < 4.78 is 4.94. The average Bonchev–Trinajstić information content (AvgIpc) is 3.60. The molecule has 2 aromatic heterocycles. The van der Waals surface area contributed by atoms with Crippen molar-refractivity contribution >= 4 is 22.8 Å². The standard InChI is InChI=1S/C27H22N6O3/c1-36-27(35)19-9-4-6-16(14-19)24-23-21(20-10-2-3-11-22(20)28-23)12-13-33(24)26(34)18-8-5-7-17(15-18)25-29-31-32-30-25/h2-11,14-15,24,28H,12-13H2,1H3,(H,29,30,31,32). The molecular formula is C27H22N6O3. The van der Waals surface area contributed by atoms with Gasteiger partial charge in [-0.15, -0.1) is 10.2 Å². The number of fused-ring (bicyclic) bond motifs is 3. The van der Waals surface area contributed by atoms with E-state index in [1.54, 1.807) is 24.3 Å². The van der Waals surface area contributed by atoms with Gasteiger partial charge in [-0.3, -0.25) is 4.79 Å². The van der Waals surface area contributed by atoms with Crippen molar-refractivity contribution in [1.29, 1.82) is 0 Å². The average molecular weight is 479 g/mol. The molecule has 3 aromatic carbocycles. The predicted octanol–water partition coefficient (Wildman–Crippen LogP) is 3.92. The molecule has 36 heavy (non-hydrogen) atoms. The molecule has 0 saturated carbocycles. The molecule has 5 aromatic rings. The zero-order valence-corrected chi connectivity index (χ0v) is 19.4. The number of ether oxygens (including phenoxy) is 1. The molecule has 6 rings (SSSR count). The van der Waals surface area contributed by atoms with Crippen LogP contribution in [0.1, 0.15) is 43.6 Å². The molecule has 1 amide bonds. The fourth-order valence-corrected chi connectivity index (χ4v) is 5.00. The normalized spacial score (nSPS) is 15.0. The number of methoxy groups -OCH3 is 1. The summed E-state index contributed by atoms with van der Waals surface area (Å²) in [6.07, 6.45) is 0.711. The van der Waals surface area contributed by atoms with Gasteiger partial charge in [-0.25, -0.2) is 4.79 Å². The summed E-state index contributed by atoms with van der Waals surface area (Å²) in [5.74, 6) is -0.128. The Morgan fingerprint density at radius 1 is 1.00 bits per heavy atom. The monoisotopic (exact) mass is 478 g/mol. The lowest BCUT2D eigenvalue weighted by atomic mass is 9.91. The molecule has 1 aliphatic heterocycles. The molecule has 9 heteroatoms. The van der Waals surface area contributed by atoms with Crippen molar-refractivity contribution in [1.82, 2.24) is 30.5 Å². The summed E-state index contributed by atoms with van der Waals surface area (Å²) in [7, 11) is 1.36. The second kappa shape index (κ2) is 8.77. The van der Waals surface area contributed by atoms with Gasteiger partial charge < -0.3 is 14.6 Å². The summed E-state index contributed by atoms with van der Waals surface area (Å²) in [5.41, 5.74) is 5.63. The highest BCUT2D eigenvalue weighted by Crippen LogP contribution is 2.39. The van der Waals surface area contributed by atoms with Crippen LogP contribution in [0.25, 0.3) is 22.3 Å². The Morgan fingerprint density at radius 2 is 1.83 bits per heavy atom. The highest BCUT2D eigenvalue weighted by atomic mass is 16.5. The maximum absolute atomic E-state index is 14.0. The molecule has 9 nitrogen and oxygen atoms in total. The third-order valence-electron chi connectivity index (χ3n) is 6.63. The Labute approximate surface area is 206 Å². The molecule has 1 atom stereocenters. The number of rotatable bonds is 4. The van der Waals surface area contributed by atoms with E-state index in [0.717, 1.165) is 22.2 Å². The Bertz CT molecular complexity index is 1590. The van der Waals surface area contributed by atoms with Crippen LogP contribution in [0.15, 0.2) is 72.8 Å². The number of carbonyl (C=O) groups is 2. The smallest absolute Gasteiger partial charge is 0.337 e. The van der Waals surface area contributed by atoms with E-state index < -0.39 is 12.0 Å². The van der Waals surface area contributed by atoms with Crippen molar-refractivity contribution in [3.05, 3.63) is 101 Å². The molecule has 0 aliphatic carbocycles. The van der Waals surface area contributed by atoms with E-state index in [1.165, 1.54) is 12.7 Å². The van der Waals surface area contributed by atoms with Crippen LogP contribution >= 0.6 is 0 Å². The van der Waals surface area contributed by atoms with Gasteiger partial charge >= 0.3 is 5.97 Å². The highest BCUT2D eigenvalue weighted by Gasteiger charge is 2.35. The number of carbonyl (C=O) groups excluding carboxylic acids is 2. The van der Waals surface area contributed by atoms with Crippen molar-refractivity contribution in [2.45, 2.75) is 12.5 Å². The third kappa shape index (κ3) is 3.61. The first-order valence-corrected chi connectivity index (χ1v) is 11.6. The zero-order valence-electron chi connectivity index (χ0n) is 19.4. The number of aromatic amines is 2. The van der Waals surface area contributed by atoms with Crippen LogP contribution in [0.4, 0.5) is 0 Å². The van der Waals surface area contributed by atoms with Crippen molar-refractivity contribution < 1.29 is 14.3 Å². The third-order valence-corrected chi connectivity index (χ3v) is 6.63. The van der Waals surface area contributed by atoms with Crippen LogP contribution in [0, 0.1) is 0 Å². The van der Waals surface area contributed by atoms with Gasteiger partial charge in [0.2, 0.25) is 5.82 Å². The molecule has 0 spiro atoms. The van der Waals surface area contributed by atoms with Gasteiger partial charge in [-0.2, -0.15) is 5.21 Å². The first kappa shape index (κ1) is 21.7. The summed E-state index contributed by atoms with van der Waals surface area (Å²) in [5, 5.41) is 15.3. The molecule has 0 bridgehead atoms.